The molecule has 1 aromatic heterocycles. The molecule has 0 saturated carbocycles. The lowest BCUT2D eigenvalue weighted by atomic mass is 10.0. The first kappa shape index (κ1) is 10.6. The molecule has 2 aromatic rings. The van der Waals surface area contributed by atoms with Gasteiger partial charge in [-0.25, -0.2) is 0 Å². The van der Waals surface area contributed by atoms with Crippen molar-refractivity contribution in [3.8, 4) is 5.75 Å². The Hall–Kier alpha value is -1.90. The highest BCUT2D eigenvalue weighted by molar-refractivity contribution is 5.93. The second-order valence-electron chi connectivity index (χ2n) is 3.80. The van der Waals surface area contributed by atoms with Crippen molar-refractivity contribution < 1.29 is 9.53 Å². The number of aryl methyl sites for hydroxylation is 2. The molecule has 1 aromatic carbocycles. The van der Waals surface area contributed by atoms with Crippen LogP contribution in [0.25, 0.3) is 10.8 Å². The maximum Gasteiger partial charge on any atom is 0.308 e. The van der Waals surface area contributed by atoms with Gasteiger partial charge in [-0.05, 0) is 19.4 Å². The maximum absolute atomic E-state index is 11.0. The third-order valence-electron chi connectivity index (χ3n) is 2.54. The van der Waals surface area contributed by atoms with Crippen LogP contribution in [-0.2, 0) is 4.79 Å². The van der Waals surface area contributed by atoms with Crippen molar-refractivity contribution >= 4 is 16.7 Å². The van der Waals surface area contributed by atoms with Crippen molar-refractivity contribution in [2.45, 2.75) is 20.8 Å². The summed E-state index contributed by atoms with van der Waals surface area (Å²) in [5, 5.41) is 1.99. The van der Waals surface area contributed by atoms with Gasteiger partial charge in [0, 0.05) is 23.4 Å². The molecular weight excluding hydrogens is 202 g/mol. The number of fused-ring (bicyclic) bond motifs is 1. The SMILES string of the molecule is CC(=O)Oc1cnc(C)c2cccc(C)c12. The molecule has 0 aliphatic rings. The quantitative estimate of drug-likeness (QED) is 0.686. The van der Waals surface area contributed by atoms with Crippen LogP contribution in [0.2, 0.25) is 0 Å². The fourth-order valence-corrected chi connectivity index (χ4v) is 1.82. The van der Waals surface area contributed by atoms with E-state index < -0.39 is 0 Å². The summed E-state index contributed by atoms with van der Waals surface area (Å²) in [5.74, 6) is 0.210. The summed E-state index contributed by atoms with van der Waals surface area (Å²) in [6, 6.07) is 5.95. The molecule has 0 radical (unpaired) electrons. The van der Waals surface area contributed by atoms with Gasteiger partial charge in [-0.2, -0.15) is 0 Å². The smallest absolute Gasteiger partial charge is 0.308 e. The van der Waals surface area contributed by atoms with Crippen LogP contribution in [0.5, 0.6) is 5.75 Å². The predicted octanol–water partition coefficient (Wildman–Crippen LogP) is 2.78. The van der Waals surface area contributed by atoms with Crippen LogP contribution in [-0.4, -0.2) is 11.0 Å². The van der Waals surface area contributed by atoms with Gasteiger partial charge in [0.1, 0.15) is 0 Å². The number of carbonyl (C=O) groups is 1. The first-order valence-electron chi connectivity index (χ1n) is 5.13. The zero-order valence-electron chi connectivity index (χ0n) is 9.57. The van der Waals surface area contributed by atoms with E-state index >= 15 is 0 Å². The molecule has 82 valence electrons. The van der Waals surface area contributed by atoms with Crippen LogP contribution in [0.3, 0.4) is 0 Å². The van der Waals surface area contributed by atoms with Crippen LogP contribution >= 0.6 is 0 Å². The van der Waals surface area contributed by atoms with E-state index in [1.54, 1.807) is 6.20 Å². The number of pyridine rings is 1. The number of carbonyl (C=O) groups excluding carboxylic acids is 1. The van der Waals surface area contributed by atoms with Gasteiger partial charge < -0.3 is 4.74 Å². The highest BCUT2D eigenvalue weighted by Crippen LogP contribution is 2.29. The van der Waals surface area contributed by atoms with Gasteiger partial charge >= 0.3 is 5.97 Å². The predicted molar refractivity (Wildman–Crippen MR) is 62.5 cm³/mol. The van der Waals surface area contributed by atoms with Crippen LogP contribution in [0.4, 0.5) is 0 Å². The fourth-order valence-electron chi connectivity index (χ4n) is 1.82. The number of benzene rings is 1. The lowest BCUT2D eigenvalue weighted by Crippen LogP contribution is -2.03. The van der Waals surface area contributed by atoms with Gasteiger partial charge in [0.15, 0.2) is 5.75 Å². The zero-order valence-corrected chi connectivity index (χ0v) is 9.57. The second-order valence-corrected chi connectivity index (χ2v) is 3.80. The molecular formula is C13H13NO2. The zero-order chi connectivity index (χ0) is 11.7. The molecule has 0 bridgehead atoms. The lowest BCUT2D eigenvalue weighted by Gasteiger charge is -2.09. The molecule has 0 fully saturated rings. The van der Waals surface area contributed by atoms with Gasteiger partial charge in [0.2, 0.25) is 0 Å². The second kappa shape index (κ2) is 3.93. The van der Waals surface area contributed by atoms with Crippen molar-refractivity contribution in [2.75, 3.05) is 0 Å². The molecule has 0 saturated heterocycles. The van der Waals surface area contributed by atoms with E-state index in [1.165, 1.54) is 6.92 Å². The summed E-state index contributed by atoms with van der Waals surface area (Å²) in [7, 11) is 0. The van der Waals surface area contributed by atoms with Crippen LogP contribution < -0.4 is 4.74 Å². The lowest BCUT2D eigenvalue weighted by molar-refractivity contribution is -0.131. The topological polar surface area (TPSA) is 39.2 Å². The van der Waals surface area contributed by atoms with Crippen molar-refractivity contribution in [2.24, 2.45) is 0 Å². The van der Waals surface area contributed by atoms with E-state index in [-0.39, 0.29) is 5.97 Å². The standard InChI is InChI=1S/C13H13NO2/c1-8-5-4-6-11-9(2)14-7-12(13(8)11)16-10(3)15/h4-7H,1-3H3. The first-order valence-corrected chi connectivity index (χ1v) is 5.13. The minimum absolute atomic E-state index is 0.324. The summed E-state index contributed by atoms with van der Waals surface area (Å²) >= 11 is 0. The molecule has 2 rings (SSSR count). The molecule has 0 unspecified atom stereocenters. The molecule has 0 amide bonds. The van der Waals surface area contributed by atoms with Crippen molar-refractivity contribution in [3.63, 3.8) is 0 Å². The number of hydrogen-bond donors (Lipinski definition) is 0. The van der Waals surface area contributed by atoms with Gasteiger partial charge in [-0.3, -0.25) is 9.78 Å². The molecule has 3 heteroatoms. The molecule has 0 spiro atoms. The molecule has 0 atom stereocenters. The van der Waals surface area contributed by atoms with E-state index in [2.05, 4.69) is 4.98 Å². The highest BCUT2D eigenvalue weighted by atomic mass is 16.5. The van der Waals surface area contributed by atoms with E-state index in [0.29, 0.717) is 5.75 Å². The third kappa shape index (κ3) is 1.76. The molecule has 16 heavy (non-hydrogen) atoms. The number of nitrogens with zero attached hydrogens (tertiary/aromatic N) is 1. The summed E-state index contributed by atoms with van der Waals surface area (Å²) < 4.78 is 5.16. The molecule has 0 N–H and O–H groups in total. The Balaban J connectivity index is 2.75. The molecule has 0 aliphatic carbocycles. The Morgan fingerprint density at radius 2 is 2.06 bits per heavy atom. The van der Waals surface area contributed by atoms with Crippen LogP contribution in [0, 0.1) is 13.8 Å². The highest BCUT2D eigenvalue weighted by Gasteiger charge is 2.09. The molecule has 0 aliphatic heterocycles. The monoisotopic (exact) mass is 215 g/mol. The number of rotatable bonds is 1. The van der Waals surface area contributed by atoms with Crippen molar-refractivity contribution in [1.29, 1.82) is 0 Å². The number of esters is 1. The number of hydrogen-bond acceptors (Lipinski definition) is 3. The Morgan fingerprint density at radius 3 is 2.75 bits per heavy atom. The minimum Gasteiger partial charge on any atom is -0.424 e. The summed E-state index contributed by atoms with van der Waals surface area (Å²) in [6.45, 7) is 5.33. The molecule has 1 heterocycles. The van der Waals surface area contributed by atoms with Gasteiger partial charge in [0.25, 0.3) is 0 Å². The van der Waals surface area contributed by atoms with Gasteiger partial charge in [-0.1, -0.05) is 18.2 Å². The van der Waals surface area contributed by atoms with E-state index in [9.17, 15) is 4.79 Å². The first-order chi connectivity index (χ1) is 7.59. The van der Waals surface area contributed by atoms with E-state index in [1.807, 2.05) is 32.0 Å². The largest absolute Gasteiger partial charge is 0.424 e. The minimum atomic E-state index is -0.324. The van der Waals surface area contributed by atoms with Crippen molar-refractivity contribution in [3.05, 3.63) is 35.7 Å². The number of ether oxygens (including phenoxy) is 1. The molecule has 3 nitrogen and oxygen atoms in total. The average molecular weight is 215 g/mol. The van der Waals surface area contributed by atoms with E-state index in [0.717, 1.165) is 22.0 Å². The van der Waals surface area contributed by atoms with Crippen LogP contribution in [0.1, 0.15) is 18.2 Å². The average Bonchev–Trinajstić information content (AvgIpc) is 2.22. The van der Waals surface area contributed by atoms with Crippen LogP contribution in [0.15, 0.2) is 24.4 Å². The Labute approximate surface area is 94.1 Å². The number of aromatic nitrogens is 1. The summed E-state index contributed by atoms with van der Waals surface area (Å²) in [5.41, 5.74) is 2.02. The van der Waals surface area contributed by atoms with Crippen molar-refractivity contribution in [1.82, 2.24) is 4.98 Å². The van der Waals surface area contributed by atoms with Gasteiger partial charge in [0.05, 0.1) is 6.20 Å². The Bertz CT molecular complexity index is 561. The Kier molecular flexibility index (Phi) is 2.60. The third-order valence-corrected chi connectivity index (χ3v) is 2.54. The normalized spacial score (nSPS) is 10.4. The fraction of sp³-hybridized carbons (Fsp3) is 0.231. The summed E-state index contributed by atoms with van der Waals surface area (Å²) in [4.78, 5) is 15.2. The summed E-state index contributed by atoms with van der Waals surface area (Å²) in [6.07, 6.45) is 1.60. The van der Waals surface area contributed by atoms with Gasteiger partial charge in [-0.15, -0.1) is 0 Å². The van der Waals surface area contributed by atoms with E-state index in [4.69, 9.17) is 4.74 Å². The maximum atomic E-state index is 11.0. The Morgan fingerprint density at radius 1 is 1.31 bits per heavy atom.